The Labute approximate surface area is 59.6 Å². The van der Waals surface area contributed by atoms with E-state index in [0.29, 0.717) is 12.0 Å². The van der Waals surface area contributed by atoms with Crippen LogP contribution < -0.4 is 0 Å². The van der Waals surface area contributed by atoms with Crippen LogP contribution in [0.5, 0.6) is 0 Å². The molecule has 0 aromatic carbocycles. The zero-order valence-electron chi connectivity index (χ0n) is 5.70. The van der Waals surface area contributed by atoms with Crippen molar-refractivity contribution < 1.29 is 15.3 Å². The Bertz CT molecular complexity index is 144. The summed E-state index contributed by atoms with van der Waals surface area (Å²) in [4.78, 5) is 0. The van der Waals surface area contributed by atoms with Gasteiger partial charge < -0.3 is 15.3 Å². The van der Waals surface area contributed by atoms with Crippen molar-refractivity contribution >= 4 is 0 Å². The van der Waals surface area contributed by atoms with E-state index in [2.05, 4.69) is 6.58 Å². The summed E-state index contributed by atoms with van der Waals surface area (Å²) in [6.07, 6.45) is -0.941. The molecule has 0 aromatic heterocycles. The van der Waals surface area contributed by atoms with Crippen LogP contribution in [0.15, 0.2) is 12.2 Å². The van der Waals surface area contributed by atoms with Crippen LogP contribution in [0.2, 0.25) is 0 Å². The fraction of sp³-hybridized carbons (Fsp3) is 0.714. The summed E-state index contributed by atoms with van der Waals surface area (Å²) in [7, 11) is 0. The van der Waals surface area contributed by atoms with Gasteiger partial charge in [-0.2, -0.15) is 0 Å². The lowest BCUT2D eigenvalue weighted by molar-refractivity contribution is 0.0940. The maximum absolute atomic E-state index is 9.15. The van der Waals surface area contributed by atoms with E-state index in [0.717, 1.165) is 0 Å². The van der Waals surface area contributed by atoms with Gasteiger partial charge in [-0.1, -0.05) is 6.58 Å². The molecule has 0 aromatic rings. The van der Waals surface area contributed by atoms with Crippen molar-refractivity contribution in [1.82, 2.24) is 0 Å². The molecule has 1 rings (SSSR count). The maximum atomic E-state index is 9.15. The predicted octanol–water partition coefficient (Wildman–Crippen LogP) is -0.723. The fourth-order valence-corrected chi connectivity index (χ4v) is 1.28. The Kier molecular flexibility index (Phi) is 2.08. The van der Waals surface area contributed by atoms with Crippen molar-refractivity contribution in [2.24, 2.45) is 5.92 Å². The minimum atomic E-state index is -0.632. The summed E-state index contributed by atoms with van der Waals surface area (Å²) in [5, 5.41) is 26.9. The largest absolute Gasteiger partial charge is 0.396 e. The summed E-state index contributed by atoms with van der Waals surface area (Å²) in [5.41, 5.74) is 0.551. The van der Waals surface area contributed by atoms with Crippen LogP contribution in [-0.4, -0.2) is 34.1 Å². The Morgan fingerprint density at radius 2 is 2.10 bits per heavy atom. The van der Waals surface area contributed by atoms with Crippen LogP contribution in [0.25, 0.3) is 0 Å². The summed E-state index contributed by atoms with van der Waals surface area (Å²) in [6, 6.07) is 0. The second-order valence-corrected chi connectivity index (χ2v) is 2.68. The molecule has 0 spiro atoms. The van der Waals surface area contributed by atoms with E-state index in [1.54, 1.807) is 0 Å². The molecule has 0 bridgehead atoms. The van der Waals surface area contributed by atoms with Gasteiger partial charge in [-0.3, -0.25) is 0 Å². The fourth-order valence-electron chi connectivity index (χ4n) is 1.28. The minimum Gasteiger partial charge on any atom is -0.396 e. The van der Waals surface area contributed by atoms with Crippen molar-refractivity contribution in [3.8, 4) is 0 Å². The summed E-state index contributed by atoms with van der Waals surface area (Å²) < 4.78 is 0. The average molecular weight is 144 g/mol. The van der Waals surface area contributed by atoms with Crippen LogP contribution >= 0.6 is 0 Å². The van der Waals surface area contributed by atoms with Crippen molar-refractivity contribution in [3.05, 3.63) is 12.2 Å². The zero-order chi connectivity index (χ0) is 7.72. The maximum Gasteiger partial charge on any atom is 0.0776 e. The van der Waals surface area contributed by atoms with Gasteiger partial charge in [0.25, 0.3) is 0 Å². The molecule has 3 N–H and O–H groups in total. The second kappa shape index (κ2) is 2.70. The highest BCUT2D eigenvalue weighted by Gasteiger charge is 2.34. The summed E-state index contributed by atoms with van der Waals surface area (Å²) >= 11 is 0. The van der Waals surface area contributed by atoms with E-state index in [-0.39, 0.29) is 12.5 Å². The van der Waals surface area contributed by atoms with Crippen LogP contribution in [0.1, 0.15) is 6.42 Å². The molecular weight excluding hydrogens is 132 g/mol. The smallest absolute Gasteiger partial charge is 0.0776 e. The molecule has 1 saturated carbocycles. The monoisotopic (exact) mass is 144 g/mol. The van der Waals surface area contributed by atoms with Gasteiger partial charge in [0.1, 0.15) is 0 Å². The highest BCUT2D eigenvalue weighted by Crippen LogP contribution is 2.29. The lowest BCUT2D eigenvalue weighted by atomic mass is 10.0. The molecule has 0 aliphatic heterocycles. The number of rotatable bonds is 1. The van der Waals surface area contributed by atoms with Crippen molar-refractivity contribution in [3.63, 3.8) is 0 Å². The Morgan fingerprint density at radius 3 is 2.30 bits per heavy atom. The molecular formula is C7H12O3. The summed E-state index contributed by atoms with van der Waals surface area (Å²) in [5.74, 6) is -0.324. The highest BCUT2D eigenvalue weighted by atomic mass is 16.3. The highest BCUT2D eigenvalue weighted by molar-refractivity contribution is 5.15. The summed E-state index contributed by atoms with van der Waals surface area (Å²) in [6.45, 7) is 3.44. The molecule has 0 amide bonds. The van der Waals surface area contributed by atoms with E-state index in [1.165, 1.54) is 0 Å². The van der Waals surface area contributed by atoms with Crippen molar-refractivity contribution in [2.75, 3.05) is 6.61 Å². The van der Waals surface area contributed by atoms with Crippen molar-refractivity contribution in [1.29, 1.82) is 0 Å². The average Bonchev–Trinajstić information content (AvgIpc) is 2.09. The number of aliphatic hydroxyl groups excluding tert-OH is 3. The lowest BCUT2D eigenvalue weighted by Crippen LogP contribution is -2.17. The molecule has 0 heterocycles. The van der Waals surface area contributed by atoms with Crippen LogP contribution in [0.4, 0.5) is 0 Å². The first-order valence-electron chi connectivity index (χ1n) is 3.32. The molecule has 1 aliphatic carbocycles. The molecule has 1 fully saturated rings. The van der Waals surface area contributed by atoms with Gasteiger partial charge >= 0.3 is 0 Å². The van der Waals surface area contributed by atoms with Gasteiger partial charge in [-0.25, -0.2) is 0 Å². The van der Waals surface area contributed by atoms with E-state index in [4.69, 9.17) is 15.3 Å². The Morgan fingerprint density at radius 1 is 1.50 bits per heavy atom. The minimum absolute atomic E-state index is 0.128. The molecule has 3 nitrogen and oxygen atoms in total. The molecule has 10 heavy (non-hydrogen) atoms. The van der Waals surface area contributed by atoms with E-state index >= 15 is 0 Å². The number of hydrogen-bond donors (Lipinski definition) is 3. The normalized spacial score (nSPS) is 40.7. The lowest BCUT2D eigenvalue weighted by Gasteiger charge is -2.10. The zero-order valence-corrected chi connectivity index (χ0v) is 5.70. The van der Waals surface area contributed by atoms with Gasteiger partial charge in [0.2, 0.25) is 0 Å². The third kappa shape index (κ3) is 1.08. The van der Waals surface area contributed by atoms with Gasteiger partial charge in [0.15, 0.2) is 0 Å². The predicted molar refractivity (Wildman–Crippen MR) is 36.3 cm³/mol. The van der Waals surface area contributed by atoms with E-state index in [9.17, 15) is 0 Å². The van der Waals surface area contributed by atoms with E-state index in [1.807, 2.05) is 0 Å². The van der Waals surface area contributed by atoms with Gasteiger partial charge in [0, 0.05) is 12.3 Å². The Hall–Kier alpha value is -0.380. The van der Waals surface area contributed by atoms with Crippen LogP contribution in [-0.2, 0) is 0 Å². The molecule has 3 unspecified atom stereocenters. The second-order valence-electron chi connectivity index (χ2n) is 2.68. The first kappa shape index (κ1) is 7.72. The quantitative estimate of drug-likeness (QED) is 0.425. The number of aliphatic hydroxyl groups is 3. The SMILES string of the molecule is C=C1C(O)CC(O)C1CO. The standard InChI is InChI=1S/C7H12O3/c1-4-5(3-8)7(10)2-6(4)9/h5-10H,1-3H2. The van der Waals surface area contributed by atoms with Gasteiger partial charge in [-0.15, -0.1) is 0 Å². The first-order chi connectivity index (χ1) is 4.66. The van der Waals surface area contributed by atoms with Crippen LogP contribution in [0, 0.1) is 5.92 Å². The number of hydrogen-bond acceptors (Lipinski definition) is 3. The van der Waals surface area contributed by atoms with Crippen molar-refractivity contribution in [2.45, 2.75) is 18.6 Å². The molecule has 1 aliphatic rings. The third-order valence-corrected chi connectivity index (χ3v) is 2.03. The third-order valence-electron chi connectivity index (χ3n) is 2.03. The Balaban J connectivity index is 2.64. The topological polar surface area (TPSA) is 60.7 Å². The molecule has 58 valence electrons. The van der Waals surface area contributed by atoms with Gasteiger partial charge in [-0.05, 0) is 5.57 Å². The molecule has 3 heteroatoms. The molecule has 0 saturated heterocycles. The first-order valence-corrected chi connectivity index (χ1v) is 3.32. The molecule has 3 atom stereocenters. The van der Waals surface area contributed by atoms with E-state index < -0.39 is 12.2 Å². The molecule has 0 radical (unpaired) electrons. The van der Waals surface area contributed by atoms with Gasteiger partial charge in [0.05, 0.1) is 18.8 Å². The van der Waals surface area contributed by atoms with Crippen LogP contribution in [0.3, 0.4) is 0 Å².